The average molecular weight is 481 g/mol. The summed E-state index contributed by atoms with van der Waals surface area (Å²) in [5.74, 6) is -2.82. The number of benzene rings is 2. The van der Waals surface area contributed by atoms with Crippen molar-refractivity contribution in [1.29, 1.82) is 0 Å². The fraction of sp³-hybridized carbons (Fsp3) is 0.200. The summed E-state index contributed by atoms with van der Waals surface area (Å²) in [4.78, 5) is 35.8. The van der Waals surface area contributed by atoms with Crippen molar-refractivity contribution in [1.82, 2.24) is 14.5 Å². The number of nitrogens with zero attached hydrogens (tertiary/aromatic N) is 4. The van der Waals surface area contributed by atoms with E-state index in [-0.39, 0.29) is 48.1 Å². The Hall–Kier alpha value is -4.05. The minimum atomic E-state index is -0.970. The van der Waals surface area contributed by atoms with Gasteiger partial charge in [-0.2, -0.15) is 4.98 Å². The van der Waals surface area contributed by atoms with Crippen molar-refractivity contribution < 1.29 is 18.0 Å². The molecule has 0 atom stereocenters. The minimum Gasteiger partial charge on any atom is -0.329 e. The predicted octanol–water partition coefficient (Wildman–Crippen LogP) is 3.88. The number of aryl methyl sites for hydroxylation is 1. The number of nitrogens with two attached hydrogens (primary N) is 1. The second-order valence-corrected chi connectivity index (χ2v) is 7.83. The second-order valence-electron chi connectivity index (χ2n) is 7.83. The van der Waals surface area contributed by atoms with Gasteiger partial charge in [-0.1, -0.05) is 13.0 Å². The van der Waals surface area contributed by atoms with Crippen LogP contribution >= 0.6 is 0 Å². The molecular formula is C25H22F3N5O2. The number of pyridine rings is 1. The molecule has 0 radical (unpaired) electrons. The van der Waals surface area contributed by atoms with Crippen LogP contribution in [0.3, 0.4) is 0 Å². The maximum atomic E-state index is 14.8. The first-order valence-electron chi connectivity index (χ1n) is 10.9. The topological polar surface area (TPSA) is 94.1 Å². The van der Waals surface area contributed by atoms with Gasteiger partial charge in [0.25, 0.3) is 5.56 Å². The molecule has 4 aromatic rings. The van der Waals surface area contributed by atoms with Gasteiger partial charge in [-0.3, -0.25) is 19.1 Å². The van der Waals surface area contributed by atoms with Crippen molar-refractivity contribution >= 4 is 22.9 Å². The lowest BCUT2D eigenvalue weighted by Crippen LogP contribution is -2.36. The van der Waals surface area contributed by atoms with Crippen molar-refractivity contribution in [3.05, 3.63) is 81.9 Å². The highest BCUT2D eigenvalue weighted by atomic mass is 19.1. The molecule has 0 saturated carbocycles. The van der Waals surface area contributed by atoms with Gasteiger partial charge in [-0.15, -0.1) is 0 Å². The highest BCUT2D eigenvalue weighted by Gasteiger charge is 2.23. The van der Waals surface area contributed by atoms with Crippen LogP contribution in [0.2, 0.25) is 0 Å². The first-order chi connectivity index (χ1) is 16.8. The van der Waals surface area contributed by atoms with Crippen LogP contribution in [0.1, 0.15) is 18.9 Å². The van der Waals surface area contributed by atoms with Gasteiger partial charge >= 0.3 is 0 Å². The van der Waals surface area contributed by atoms with E-state index in [0.29, 0.717) is 11.1 Å². The van der Waals surface area contributed by atoms with Crippen LogP contribution in [0.5, 0.6) is 0 Å². The van der Waals surface area contributed by atoms with Crippen molar-refractivity contribution in [2.45, 2.75) is 20.3 Å². The molecule has 2 aromatic heterocycles. The predicted molar refractivity (Wildman–Crippen MR) is 127 cm³/mol. The van der Waals surface area contributed by atoms with Gasteiger partial charge in [-0.05, 0) is 48.9 Å². The molecule has 35 heavy (non-hydrogen) atoms. The summed E-state index contributed by atoms with van der Waals surface area (Å²) in [5.41, 5.74) is 5.53. The van der Waals surface area contributed by atoms with Crippen molar-refractivity contribution in [2.75, 3.05) is 18.0 Å². The van der Waals surface area contributed by atoms with Gasteiger partial charge in [0.15, 0.2) is 5.65 Å². The Kier molecular flexibility index (Phi) is 6.65. The molecule has 0 saturated heterocycles. The van der Waals surface area contributed by atoms with E-state index in [1.807, 2.05) is 0 Å². The van der Waals surface area contributed by atoms with Crippen LogP contribution < -0.4 is 16.2 Å². The quantitative estimate of drug-likeness (QED) is 0.451. The molecule has 2 N–H and O–H groups in total. The lowest BCUT2D eigenvalue weighted by molar-refractivity contribution is -0.118. The third kappa shape index (κ3) is 4.40. The van der Waals surface area contributed by atoms with E-state index < -0.39 is 28.7 Å². The Morgan fingerprint density at radius 2 is 1.77 bits per heavy atom. The number of hydrogen-bond donors (Lipinski definition) is 1. The number of halogens is 3. The molecule has 0 unspecified atom stereocenters. The summed E-state index contributed by atoms with van der Waals surface area (Å²) in [6.45, 7) is 3.50. The van der Waals surface area contributed by atoms with Crippen LogP contribution in [0.4, 0.5) is 19.1 Å². The van der Waals surface area contributed by atoms with Gasteiger partial charge in [0.2, 0.25) is 11.9 Å². The normalized spacial score (nSPS) is 11.1. The average Bonchev–Trinajstić information content (AvgIpc) is 2.82. The Labute approximate surface area is 198 Å². The zero-order valence-electron chi connectivity index (χ0n) is 19.1. The van der Waals surface area contributed by atoms with Crippen LogP contribution in [-0.2, 0) is 4.79 Å². The fourth-order valence-corrected chi connectivity index (χ4v) is 3.90. The Morgan fingerprint density at radius 3 is 2.40 bits per heavy atom. The largest absolute Gasteiger partial charge is 0.329 e. The molecule has 0 aliphatic heterocycles. The van der Waals surface area contributed by atoms with Gasteiger partial charge in [0, 0.05) is 36.5 Å². The lowest BCUT2D eigenvalue weighted by atomic mass is 10.0. The van der Waals surface area contributed by atoms with E-state index in [2.05, 4.69) is 9.97 Å². The van der Waals surface area contributed by atoms with Crippen molar-refractivity contribution in [2.24, 2.45) is 5.73 Å². The summed E-state index contributed by atoms with van der Waals surface area (Å²) in [6.07, 6.45) is 0.121. The van der Waals surface area contributed by atoms with Crippen LogP contribution in [0.15, 0.2) is 53.3 Å². The summed E-state index contributed by atoms with van der Waals surface area (Å²) in [5, 5.41) is 0.280. The molecule has 0 fully saturated rings. The van der Waals surface area contributed by atoms with Gasteiger partial charge < -0.3 is 5.73 Å². The maximum absolute atomic E-state index is 14.8. The summed E-state index contributed by atoms with van der Waals surface area (Å²) < 4.78 is 44.2. The molecule has 2 aromatic carbocycles. The number of carbonyl (C=O) groups excluding carboxylic acids is 1. The minimum absolute atomic E-state index is 0.0745. The molecular weight excluding hydrogens is 459 g/mol. The van der Waals surface area contributed by atoms with E-state index in [0.717, 1.165) is 22.8 Å². The highest BCUT2D eigenvalue weighted by Crippen LogP contribution is 2.32. The van der Waals surface area contributed by atoms with Crippen LogP contribution in [-0.4, -0.2) is 33.5 Å². The van der Waals surface area contributed by atoms with E-state index in [4.69, 9.17) is 5.73 Å². The number of hydrogen-bond acceptors (Lipinski definition) is 5. The fourth-order valence-electron chi connectivity index (χ4n) is 3.90. The number of fused-ring (bicyclic) bond motifs is 1. The van der Waals surface area contributed by atoms with E-state index >= 15 is 0 Å². The first-order valence-corrected chi connectivity index (χ1v) is 10.9. The van der Waals surface area contributed by atoms with E-state index in [1.165, 1.54) is 35.2 Å². The summed E-state index contributed by atoms with van der Waals surface area (Å²) in [7, 11) is 0. The third-order valence-electron chi connectivity index (χ3n) is 5.54. The third-order valence-corrected chi connectivity index (χ3v) is 5.54. The molecule has 10 heteroatoms. The lowest BCUT2D eigenvalue weighted by Gasteiger charge is -2.22. The highest BCUT2D eigenvalue weighted by molar-refractivity contribution is 5.96. The Bertz CT molecular complexity index is 1480. The van der Waals surface area contributed by atoms with E-state index in [9.17, 15) is 22.8 Å². The van der Waals surface area contributed by atoms with Crippen LogP contribution in [0, 0.1) is 24.4 Å². The first kappa shape index (κ1) is 24.1. The molecule has 0 spiro atoms. The molecule has 7 nitrogen and oxygen atoms in total. The summed E-state index contributed by atoms with van der Waals surface area (Å²) >= 11 is 0. The maximum Gasteiger partial charge on any atom is 0.256 e. The molecule has 0 bridgehead atoms. The number of aromatic nitrogens is 3. The molecule has 180 valence electrons. The molecule has 2 heterocycles. The van der Waals surface area contributed by atoms with Crippen molar-refractivity contribution in [3.63, 3.8) is 0 Å². The van der Waals surface area contributed by atoms with Gasteiger partial charge in [0.1, 0.15) is 23.1 Å². The smallest absolute Gasteiger partial charge is 0.256 e. The number of para-hydroxylation sites is 1. The van der Waals surface area contributed by atoms with Crippen molar-refractivity contribution in [3.8, 4) is 16.9 Å². The van der Waals surface area contributed by atoms with E-state index in [1.54, 1.807) is 13.8 Å². The molecule has 1 amide bonds. The Morgan fingerprint density at radius 1 is 1.06 bits per heavy atom. The molecule has 0 aliphatic carbocycles. The summed E-state index contributed by atoms with van der Waals surface area (Å²) in [6, 6.07) is 9.88. The zero-order valence-corrected chi connectivity index (χ0v) is 19.1. The number of rotatable bonds is 6. The van der Waals surface area contributed by atoms with Gasteiger partial charge in [-0.25, -0.2) is 18.2 Å². The van der Waals surface area contributed by atoms with Gasteiger partial charge in [0.05, 0.1) is 5.69 Å². The Balaban J connectivity index is 2.17. The monoisotopic (exact) mass is 481 g/mol. The standard InChI is InChI=1S/C25H22F3N5O2/c1-3-20(34)32(12-11-29)25-30-22(16-8-7-15(26)13-14(16)2)17-9-10-21(35)33(24(17)31-25)23-18(27)5-4-6-19(23)28/h4-10,13H,3,11-12,29H2,1-2H3. The number of amides is 1. The number of carbonyl (C=O) groups is 1. The van der Waals surface area contributed by atoms with Crippen LogP contribution in [0.25, 0.3) is 28.0 Å². The number of anilines is 1. The zero-order chi connectivity index (χ0) is 25.3. The second kappa shape index (κ2) is 9.67. The SMILES string of the molecule is CCC(=O)N(CCN)c1nc(-c2ccc(F)cc2C)c2ccc(=O)n(-c3c(F)cccc3F)c2n1. The molecule has 4 rings (SSSR count). The molecule has 0 aliphatic rings.